The van der Waals surface area contributed by atoms with E-state index in [1.165, 1.54) is 0 Å². The lowest BCUT2D eigenvalue weighted by molar-refractivity contribution is -0.0669. The molecular formula is C8H12NO2. The molecule has 0 saturated carbocycles. The molecule has 1 radical (unpaired) electrons. The maximum atomic E-state index is 8.81. The van der Waals surface area contributed by atoms with Crippen molar-refractivity contribution in [2.75, 3.05) is 19.8 Å². The van der Waals surface area contributed by atoms with Crippen LogP contribution < -0.4 is 0 Å². The van der Waals surface area contributed by atoms with E-state index in [9.17, 15) is 0 Å². The van der Waals surface area contributed by atoms with Crippen LogP contribution in [0, 0.1) is 18.3 Å². The van der Waals surface area contributed by atoms with Crippen LogP contribution in [0.2, 0.25) is 0 Å². The van der Waals surface area contributed by atoms with E-state index in [0.29, 0.717) is 32.7 Å². The van der Waals surface area contributed by atoms with Crippen molar-refractivity contribution in [3.8, 4) is 6.07 Å². The highest BCUT2D eigenvalue weighted by Crippen LogP contribution is 2.23. The summed E-state index contributed by atoms with van der Waals surface area (Å²) < 4.78 is 10.4. The Morgan fingerprint density at radius 2 is 2.18 bits per heavy atom. The number of hydrogen-bond acceptors (Lipinski definition) is 3. The molecule has 3 heteroatoms. The van der Waals surface area contributed by atoms with Gasteiger partial charge >= 0.3 is 0 Å². The molecule has 1 rings (SSSR count). The van der Waals surface area contributed by atoms with Crippen LogP contribution in [0.5, 0.6) is 0 Å². The average Bonchev–Trinajstić information content (AvgIpc) is 2.07. The number of rotatable bonds is 2. The van der Waals surface area contributed by atoms with Gasteiger partial charge in [-0.25, -0.2) is 0 Å². The fraction of sp³-hybridized carbons (Fsp3) is 0.750. The fourth-order valence-corrected chi connectivity index (χ4v) is 1.18. The molecule has 0 N–H and O–H groups in total. The zero-order valence-corrected chi connectivity index (χ0v) is 6.51. The van der Waals surface area contributed by atoms with Crippen molar-refractivity contribution in [3.63, 3.8) is 0 Å². The van der Waals surface area contributed by atoms with E-state index in [0.717, 1.165) is 0 Å². The second-order valence-electron chi connectivity index (χ2n) is 2.57. The zero-order valence-electron chi connectivity index (χ0n) is 6.51. The predicted molar refractivity (Wildman–Crippen MR) is 39.7 cm³/mol. The van der Waals surface area contributed by atoms with E-state index in [4.69, 9.17) is 14.7 Å². The van der Waals surface area contributed by atoms with Crippen LogP contribution in [0.4, 0.5) is 0 Å². The summed E-state index contributed by atoms with van der Waals surface area (Å²) in [5, 5.41) is 8.81. The van der Waals surface area contributed by atoms with Crippen molar-refractivity contribution in [1.29, 1.82) is 5.26 Å². The lowest BCUT2D eigenvalue weighted by Gasteiger charge is -2.29. The molecule has 0 aromatic carbocycles. The van der Waals surface area contributed by atoms with Crippen molar-refractivity contribution in [2.24, 2.45) is 0 Å². The highest BCUT2D eigenvalue weighted by atomic mass is 16.5. The van der Waals surface area contributed by atoms with Gasteiger partial charge in [-0.05, 0) is 6.92 Å². The lowest BCUT2D eigenvalue weighted by atomic mass is 9.96. The minimum atomic E-state index is -0.611. The maximum Gasteiger partial charge on any atom is 0.158 e. The highest BCUT2D eigenvalue weighted by molar-refractivity contribution is 5.03. The second-order valence-corrected chi connectivity index (χ2v) is 2.57. The van der Waals surface area contributed by atoms with Crippen LogP contribution in [0.25, 0.3) is 0 Å². The van der Waals surface area contributed by atoms with Crippen molar-refractivity contribution in [1.82, 2.24) is 0 Å². The molecule has 1 fully saturated rings. The number of nitrogens with zero attached hydrogens (tertiary/aromatic N) is 1. The van der Waals surface area contributed by atoms with Crippen molar-refractivity contribution < 1.29 is 9.47 Å². The van der Waals surface area contributed by atoms with Crippen LogP contribution in [0.15, 0.2) is 0 Å². The first-order valence-corrected chi connectivity index (χ1v) is 3.75. The first kappa shape index (κ1) is 8.51. The first-order valence-electron chi connectivity index (χ1n) is 3.75. The Bertz CT molecular complexity index is 150. The quantitative estimate of drug-likeness (QED) is 0.593. The van der Waals surface area contributed by atoms with Crippen molar-refractivity contribution in [2.45, 2.75) is 18.4 Å². The van der Waals surface area contributed by atoms with Crippen LogP contribution in [0.1, 0.15) is 12.8 Å². The molecular weight excluding hydrogens is 142 g/mol. The molecule has 0 aromatic heterocycles. The molecule has 1 aliphatic heterocycles. The molecule has 1 aliphatic rings. The Kier molecular flexibility index (Phi) is 2.86. The standard InChI is InChI=1S/C8H12NO2/c1-2-11-8(7-9)3-5-10-6-4-8/h1-6H2. The summed E-state index contributed by atoms with van der Waals surface area (Å²) >= 11 is 0. The van der Waals surface area contributed by atoms with E-state index in [1.807, 2.05) is 0 Å². The SMILES string of the molecule is [CH2]COC1(C#N)CCOCC1. The fourth-order valence-electron chi connectivity index (χ4n) is 1.18. The van der Waals surface area contributed by atoms with Crippen molar-refractivity contribution >= 4 is 0 Å². The molecule has 61 valence electrons. The number of nitriles is 1. The van der Waals surface area contributed by atoms with E-state index in [-0.39, 0.29) is 0 Å². The van der Waals surface area contributed by atoms with Gasteiger partial charge in [-0.15, -0.1) is 0 Å². The van der Waals surface area contributed by atoms with E-state index >= 15 is 0 Å². The Morgan fingerprint density at radius 3 is 2.64 bits per heavy atom. The first-order chi connectivity index (χ1) is 5.33. The van der Waals surface area contributed by atoms with Crippen molar-refractivity contribution in [3.05, 3.63) is 6.92 Å². The van der Waals surface area contributed by atoms with Gasteiger partial charge in [0.25, 0.3) is 0 Å². The summed E-state index contributed by atoms with van der Waals surface area (Å²) in [6, 6.07) is 2.18. The summed E-state index contributed by atoms with van der Waals surface area (Å²) in [7, 11) is 0. The second kappa shape index (κ2) is 3.70. The molecule has 0 bridgehead atoms. The molecule has 1 saturated heterocycles. The summed E-state index contributed by atoms with van der Waals surface area (Å²) in [5.74, 6) is 0. The normalized spacial score (nSPS) is 22.5. The van der Waals surface area contributed by atoms with Crippen LogP contribution in [0.3, 0.4) is 0 Å². The third kappa shape index (κ3) is 1.92. The Hall–Kier alpha value is -0.590. The highest BCUT2D eigenvalue weighted by Gasteiger charge is 2.32. The third-order valence-electron chi connectivity index (χ3n) is 1.88. The average molecular weight is 154 g/mol. The van der Waals surface area contributed by atoms with Gasteiger partial charge in [-0.1, -0.05) is 0 Å². The Labute approximate surface area is 66.9 Å². The van der Waals surface area contributed by atoms with Gasteiger partial charge in [0.2, 0.25) is 0 Å². The smallest absolute Gasteiger partial charge is 0.158 e. The van der Waals surface area contributed by atoms with Gasteiger partial charge < -0.3 is 9.47 Å². The number of ether oxygens (including phenoxy) is 2. The molecule has 0 unspecified atom stereocenters. The minimum Gasteiger partial charge on any atom is -0.381 e. The van der Waals surface area contributed by atoms with E-state index in [1.54, 1.807) is 0 Å². The molecule has 3 nitrogen and oxygen atoms in total. The van der Waals surface area contributed by atoms with Gasteiger partial charge in [0.1, 0.15) is 0 Å². The molecule has 0 aromatic rings. The van der Waals surface area contributed by atoms with Crippen LogP contribution in [-0.2, 0) is 9.47 Å². The van der Waals surface area contributed by atoms with Gasteiger partial charge in [-0.2, -0.15) is 5.26 Å². The molecule has 0 spiro atoms. The minimum absolute atomic E-state index is 0.355. The lowest BCUT2D eigenvalue weighted by Crippen LogP contribution is -2.37. The van der Waals surface area contributed by atoms with Gasteiger partial charge in [-0.3, -0.25) is 0 Å². The molecule has 0 aliphatic carbocycles. The molecule has 1 heterocycles. The summed E-state index contributed by atoms with van der Waals surface area (Å²) in [6.45, 7) is 5.15. The number of hydrogen-bond donors (Lipinski definition) is 0. The Morgan fingerprint density at radius 1 is 1.55 bits per heavy atom. The zero-order chi connectivity index (χ0) is 8.16. The Balaban J connectivity index is 2.51. The molecule has 11 heavy (non-hydrogen) atoms. The van der Waals surface area contributed by atoms with E-state index < -0.39 is 5.60 Å². The van der Waals surface area contributed by atoms with Gasteiger partial charge in [0.05, 0.1) is 19.3 Å². The topological polar surface area (TPSA) is 42.2 Å². The van der Waals surface area contributed by atoms with E-state index in [2.05, 4.69) is 13.0 Å². The van der Waals surface area contributed by atoms with Gasteiger partial charge in [0.15, 0.2) is 5.60 Å². The largest absolute Gasteiger partial charge is 0.381 e. The predicted octanol–water partition coefficient (Wildman–Crippen LogP) is 0.910. The third-order valence-corrected chi connectivity index (χ3v) is 1.88. The van der Waals surface area contributed by atoms with Crippen LogP contribution in [-0.4, -0.2) is 25.4 Å². The molecule has 0 amide bonds. The summed E-state index contributed by atoms with van der Waals surface area (Å²) in [6.07, 6.45) is 1.33. The van der Waals surface area contributed by atoms with Gasteiger partial charge in [0, 0.05) is 19.4 Å². The van der Waals surface area contributed by atoms with Crippen LogP contribution >= 0.6 is 0 Å². The maximum absolute atomic E-state index is 8.81. The molecule has 0 atom stereocenters. The summed E-state index contributed by atoms with van der Waals surface area (Å²) in [5.41, 5.74) is -0.611. The monoisotopic (exact) mass is 154 g/mol. The summed E-state index contributed by atoms with van der Waals surface area (Å²) in [4.78, 5) is 0.